The van der Waals surface area contributed by atoms with E-state index < -0.39 is 67.7 Å². The molecule has 7 N–H and O–H groups in total. The van der Waals surface area contributed by atoms with Gasteiger partial charge in [0.15, 0.2) is 12.4 Å². The monoisotopic (exact) mass is 340 g/mol. The second-order valence-corrected chi connectivity index (χ2v) is 5.84. The van der Waals surface area contributed by atoms with Crippen LogP contribution < -0.4 is 0 Å². The Hall–Kier alpha value is -0.440. The van der Waals surface area contributed by atoms with Gasteiger partial charge < -0.3 is 54.7 Å². The van der Waals surface area contributed by atoms with Crippen molar-refractivity contribution in [2.45, 2.75) is 61.1 Å². The van der Waals surface area contributed by atoms with Crippen LogP contribution in [0.1, 0.15) is 0 Å². The minimum Gasteiger partial charge on any atom is -0.394 e. The Kier molecular flexibility index (Phi) is 4.63. The molecule has 10 atom stereocenters. The molecule has 3 fully saturated rings. The molecule has 0 aromatic rings. The molecule has 3 saturated heterocycles. The smallest absolute Gasteiger partial charge is 0.311 e. The molecule has 10 unspecified atom stereocenters. The van der Waals surface area contributed by atoms with E-state index in [9.17, 15) is 30.6 Å². The quantitative estimate of drug-likeness (QED) is 0.244. The molecule has 3 rings (SSSR count). The molecule has 3 aliphatic heterocycles. The summed E-state index contributed by atoms with van der Waals surface area (Å²) in [5.41, 5.74) is 0. The van der Waals surface area contributed by atoms with Crippen molar-refractivity contribution < 1.29 is 54.7 Å². The number of hydrogen-bond donors (Lipinski definition) is 7. The highest BCUT2D eigenvalue weighted by Gasteiger charge is 2.59. The van der Waals surface area contributed by atoms with Gasteiger partial charge >= 0.3 is 5.97 Å². The lowest BCUT2D eigenvalue weighted by Crippen LogP contribution is -2.69. The van der Waals surface area contributed by atoms with E-state index in [2.05, 4.69) is 0 Å². The third-order valence-corrected chi connectivity index (χ3v) is 4.30. The van der Waals surface area contributed by atoms with Gasteiger partial charge in [0.05, 0.1) is 13.2 Å². The summed E-state index contributed by atoms with van der Waals surface area (Å²) in [6.45, 7) is -0.804. The molecule has 0 aromatic carbocycles. The Labute approximate surface area is 130 Å². The molecule has 11 heteroatoms. The van der Waals surface area contributed by atoms with Crippen molar-refractivity contribution in [2.24, 2.45) is 0 Å². The largest absolute Gasteiger partial charge is 0.394 e. The van der Waals surface area contributed by atoms with Crippen molar-refractivity contribution >= 4 is 0 Å². The normalized spacial score (nSPS) is 56.7. The number of rotatable bonds is 3. The fraction of sp³-hybridized carbons (Fsp3) is 1.00. The van der Waals surface area contributed by atoms with Crippen molar-refractivity contribution in [3.8, 4) is 0 Å². The Morgan fingerprint density at radius 3 is 2.35 bits per heavy atom. The zero-order valence-corrected chi connectivity index (χ0v) is 11.9. The van der Waals surface area contributed by atoms with E-state index in [0.29, 0.717) is 0 Å². The van der Waals surface area contributed by atoms with Gasteiger partial charge in [0, 0.05) is 0 Å². The van der Waals surface area contributed by atoms with Gasteiger partial charge in [0.25, 0.3) is 0 Å². The third kappa shape index (κ3) is 2.77. The van der Waals surface area contributed by atoms with Crippen LogP contribution in [0.2, 0.25) is 0 Å². The van der Waals surface area contributed by atoms with Crippen LogP contribution in [0.4, 0.5) is 0 Å². The SMILES string of the molecule is OCC1OC(O)(OC2C3COC(O3)C(O)C2O)C(O)C(O)C1O. The van der Waals surface area contributed by atoms with E-state index in [1.54, 1.807) is 0 Å². The highest BCUT2D eigenvalue weighted by molar-refractivity contribution is 4.97. The molecule has 0 saturated carbocycles. The van der Waals surface area contributed by atoms with E-state index in [-0.39, 0.29) is 6.61 Å². The lowest BCUT2D eigenvalue weighted by atomic mass is 9.96. The summed E-state index contributed by atoms with van der Waals surface area (Å²) < 4.78 is 20.5. The van der Waals surface area contributed by atoms with Crippen LogP contribution in [0.3, 0.4) is 0 Å². The number of hydrogen-bond acceptors (Lipinski definition) is 11. The molecule has 0 aromatic heterocycles. The second kappa shape index (κ2) is 6.13. The number of aliphatic hydroxyl groups is 7. The standard InChI is InChI=1S/C12H20O11/c13-1-3-5(14)7(16)10(18)12(19,22-3)23-9-4-2-20-11(21-4)8(17)6(9)15/h3-11,13-19H,1-2H2. The molecule has 0 radical (unpaired) electrons. The van der Waals surface area contributed by atoms with Gasteiger partial charge in [-0.2, -0.15) is 0 Å². The average Bonchev–Trinajstić information content (AvgIpc) is 2.98. The van der Waals surface area contributed by atoms with Crippen molar-refractivity contribution in [1.29, 1.82) is 0 Å². The first-order valence-corrected chi connectivity index (χ1v) is 7.14. The number of fused-ring (bicyclic) bond motifs is 2. The molecular weight excluding hydrogens is 320 g/mol. The highest BCUT2D eigenvalue weighted by atomic mass is 16.9. The average molecular weight is 340 g/mol. The van der Waals surface area contributed by atoms with Crippen LogP contribution in [0, 0.1) is 0 Å². The van der Waals surface area contributed by atoms with Crippen LogP contribution in [0.25, 0.3) is 0 Å². The van der Waals surface area contributed by atoms with Gasteiger partial charge in [-0.3, -0.25) is 0 Å². The molecule has 2 bridgehead atoms. The minimum atomic E-state index is -2.84. The Bertz CT molecular complexity index is 433. The van der Waals surface area contributed by atoms with Crippen molar-refractivity contribution in [1.82, 2.24) is 0 Å². The molecule has 134 valence electrons. The number of ether oxygens (including phenoxy) is 4. The maximum atomic E-state index is 10.3. The molecular formula is C12H20O11. The zero-order chi connectivity index (χ0) is 16.9. The first kappa shape index (κ1) is 17.4. The predicted octanol–water partition coefficient (Wildman–Crippen LogP) is -5.03. The van der Waals surface area contributed by atoms with Crippen LogP contribution in [0.15, 0.2) is 0 Å². The molecule has 3 heterocycles. The summed E-state index contributed by atoms with van der Waals surface area (Å²) in [5.74, 6) is -2.84. The summed E-state index contributed by atoms with van der Waals surface area (Å²) in [5, 5.41) is 68.7. The summed E-state index contributed by atoms with van der Waals surface area (Å²) in [6.07, 6.45) is -13.2. The Balaban J connectivity index is 1.79. The molecule has 23 heavy (non-hydrogen) atoms. The second-order valence-electron chi connectivity index (χ2n) is 5.84. The molecule has 0 spiro atoms. The van der Waals surface area contributed by atoms with E-state index in [0.717, 1.165) is 0 Å². The minimum absolute atomic E-state index is 0.0375. The molecule has 0 aliphatic carbocycles. The topological polar surface area (TPSA) is 179 Å². The summed E-state index contributed by atoms with van der Waals surface area (Å²) in [4.78, 5) is 0. The summed E-state index contributed by atoms with van der Waals surface area (Å²) in [7, 11) is 0. The summed E-state index contributed by atoms with van der Waals surface area (Å²) >= 11 is 0. The van der Waals surface area contributed by atoms with E-state index >= 15 is 0 Å². The van der Waals surface area contributed by atoms with Gasteiger partial charge in [-0.25, -0.2) is 0 Å². The first-order valence-electron chi connectivity index (χ1n) is 7.14. The fourth-order valence-electron chi connectivity index (χ4n) is 2.93. The third-order valence-electron chi connectivity index (χ3n) is 4.30. The zero-order valence-electron chi connectivity index (χ0n) is 11.9. The van der Waals surface area contributed by atoms with Crippen LogP contribution >= 0.6 is 0 Å². The van der Waals surface area contributed by atoms with Crippen LogP contribution in [-0.4, -0.2) is 110 Å². The van der Waals surface area contributed by atoms with Crippen molar-refractivity contribution in [3.05, 3.63) is 0 Å². The van der Waals surface area contributed by atoms with E-state index in [1.165, 1.54) is 0 Å². The first-order chi connectivity index (χ1) is 10.8. The van der Waals surface area contributed by atoms with E-state index in [1.807, 2.05) is 0 Å². The van der Waals surface area contributed by atoms with Gasteiger partial charge in [-0.05, 0) is 0 Å². The fourth-order valence-corrected chi connectivity index (χ4v) is 2.93. The van der Waals surface area contributed by atoms with Crippen molar-refractivity contribution in [3.63, 3.8) is 0 Å². The molecule has 3 aliphatic rings. The maximum Gasteiger partial charge on any atom is 0.311 e. The van der Waals surface area contributed by atoms with Gasteiger partial charge in [0.2, 0.25) is 0 Å². The van der Waals surface area contributed by atoms with E-state index in [4.69, 9.17) is 24.1 Å². The molecule has 0 amide bonds. The molecule has 11 nitrogen and oxygen atoms in total. The maximum absolute atomic E-state index is 10.3. The highest BCUT2D eigenvalue weighted by Crippen LogP contribution is 2.36. The Morgan fingerprint density at radius 1 is 1.00 bits per heavy atom. The van der Waals surface area contributed by atoms with Gasteiger partial charge in [-0.15, -0.1) is 0 Å². The van der Waals surface area contributed by atoms with Gasteiger partial charge in [0.1, 0.15) is 42.7 Å². The summed E-state index contributed by atoms with van der Waals surface area (Å²) in [6, 6.07) is 0. The van der Waals surface area contributed by atoms with Crippen LogP contribution in [-0.2, 0) is 18.9 Å². The van der Waals surface area contributed by atoms with Crippen molar-refractivity contribution in [2.75, 3.05) is 13.2 Å². The Morgan fingerprint density at radius 2 is 1.70 bits per heavy atom. The lowest BCUT2D eigenvalue weighted by Gasteiger charge is -2.47. The predicted molar refractivity (Wildman–Crippen MR) is 66.4 cm³/mol. The number of aliphatic hydroxyl groups excluding tert-OH is 6. The van der Waals surface area contributed by atoms with Crippen LogP contribution in [0.5, 0.6) is 0 Å². The van der Waals surface area contributed by atoms with Gasteiger partial charge in [-0.1, -0.05) is 0 Å². The lowest BCUT2D eigenvalue weighted by molar-refractivity contribution is -0.468.